The van der Waals surface area contributed by atoms with E-state index in [9.17, 15) is 8.42 Å². The molecule has 0 atom stereocenters. The highest BCUT2D eigenvalue weighted by Crippen LogP contribution is 2.30. The molecule has 23 heavy (non-hydrogen) atoms. The Balaban J connectivity index is 2.34. The Morgan fingerprint density at radius 3 is 2.39 bits per heavy atom. The third kappa shape index (κ3) is 4.30. The summed E-state index contributed by atoms with van der Waals surface area (Å²) in [6, 6.07) is 11.1. The van der Waals surface area contributed by atoms with Crippen LogP contribution < -0.4 is 14.2 Å². The van der Waals surface area contributed by atoms with Crippen LogP contribution in [0.5, 0.6) is 11.5 Å². The second kappa shape index (κ2) is 7.10. The van der Waals surface area contributed by atoms with E-state index in [1.54, 1.807) is 24.3 Å². The Labute approximate surface area is 141 Å². The maximum Gasteiger partial charge on any atom is 0.262 e. The number of rotatable bonds is 6. The molecular weight excluding hydrogens is 338 g/mol. The van der Waals surface area contributed by atoms with Crippen molar-refractivity contribution in [2.45, 2.75) is 24.8 Å². The van der Waals surface area contributed by atoms with Gasteiger partial charge >= 0.3 is 0 Å². The largest absolute Gasteiger partial charge is 0.495 e. The lowest BCUT2D eigenvalue weighted by atomic mass is 10.3. The smallest absolute Gasteiger partial charge is 0.262 e. The average Bonchev–Trinajstić information content (AvgIpc) is 2.48. The summed E-state index contributed by atoms with van der Waals surface area (Å²) in [5, 5.41) is 0.224. The first-order valence-corrected chi connectivity index (χ1v) is 8.81. The molecule has 124 valence electrons. The van der Waals surface area contributed by atoms with E-state index in [1.165, 1.54) is 25.3 Å². The average molecular weight is 356 g/mol. The number of sulfonamides is 1. The normalized spacial score (nSPS) is 11.3. The van der Waals surface area contributed by atoms with E-state index in [1.807, 2.05) is 13.8 Å². The van der Waals surface area contributed by atoms with Gasteiger partial charge in [0.2, 0.25) is 0 Å². The SMILES string of the molecule is COc1ccc(S(=O)(=O)Nc2ccccc2OC(C)C)cc1Cl. The maximum absolute atomic E-state index is 12.5. The zero-order chi connectivity index (χ0) is 17.0. The molecule has 0 fully saturated rings. The van der Waals surface area contributed by atoms with E-state index in [0.29, 0.717) is 17.2 Å². The summed E-state index contributed by atoms with van der Waals surface area (Å²) in [4.78, 5) is 0.0441. The van der Waals surface area contributed by atoms with Crippen LogP contribution >= 0.6 is 11.6 Å². The van der Waals surface area contributed by atoms with Crippen LogP contribution in [-0.2, 0) is 10.0 Å². The number of hydrogen-bond donors (Lipinski definition) is 1. The number of methoxy groups -OCH3 is 1. The first-order valence-electron chi connectivity index (χ1n) is 6.95. The highest BCUT2D eigenvalue weighted by atomic mass is 35.5. The molecular formula is C16H18ClNO4S. The van der Waals surface area contributed by atoms with Crippen LogP contribution in [0.1, 0.15) is 13.8 Å². The van der Waals surface area contributed by atoms with Gasteiger partial charge in [0.15, 0.2) is 0 Å². The second-order valence-electron chi connectivity index (χ2n) is 5.06. The zero-order valence-corrected chi connectivity index (χ0v) is 14.6. The highest BCUT2D eigenvalue weighted by Gasteiger charge is 2.18. The second-order valence-corrected chi connectivity index (χ2v) is 7.15. The predicted octanol–water partition coefficient (Wildman–Crippen LogP) is 3.94. The van der Waals surface area contributed by atoms with Crippen molar-refractivity contribution in [3.63, 3.8) is 0 Å². The van der Waals surface area contributed by atoms with E-state index in [2.05, 4.69) is 4.72 Å². The summed E-state index contributed by atoms with van der Waals surface area (Å²) >= 11 is 6.00. The summed E-state index contributed by atoms with van der Waals surface area (Å²) in [5.74, 6) is 0.875. The fourth-order valence-corrected chi connectivity index (χ4v) is 3.34. The molecule has 0 saturated heterocycles. The third-order valence-corrected chi connectivity index (χ3v) is 4.59. The summed E-state index contributed by atoms with van der Waals surface area (Å²) in [5.41, 5.74) is 0.369. The fourth-order valence-electron chi connectivity index (χ4n) is 1.93. The zero-order valence-electron chi connectivity index (χ0n) is 13.0. The minimum absolute atomic E-state index is 0.0441. The Morgan fingerprint density at radius 2 is 1.78 bits per heavy atom. The standard InChI is InChI=1S/C16H18ClNO4S/c1-11(2)22-16-7-5-4-6-14(16)18-23(19,20)12-8-9-15(21-3)13(17)10-12/h4-11,18H,1-3H3. The topological polar surface area (TPSA) is 64.6 Å². The number of ether oxygens (including phenoxy) is 2. The van der Waals surface area contributed by atoms with Crippen LogP contribution in [0.3, 0.4) is 0 Å². The van der Waals surface area contributed by atoms with Gasteiger partial charge in [-0.2, -0.15) is 0 Å². The summed E-state index contributed by atoms with van der Waals surface area (Å²) in [7, 11) is -2.32. The van der Waals surface area contributed by atoms with Crippen molar-refractivity contribution in [1.29, 1.82) is 0 Å². The molecule has 1 N–H and O–H groups in total. The Morgan fingerprint density at radius 1 is 1.09 bits per heavy atom. The van der Waals surface area contributed by atoms with Gasteiger partial charge in [0.1, 0.15) is 11.5 Å². The molecule has 2 aromatic rings. The van der Waals surface area contributed by atoms with Gasteiger partial charge in [-0.15, -0.1) is 0 Å². The molecule has 0 aromatic heterocycles. The number of halogens is 1. The molecule has 2 aromatic carbocycles. The minimum Gasteiger partial charge on any atom is -0.495 e. The molecule has 0 bridgehead atoms. The van der Waals surface area contributed by atoms with Gasteiger partial charge in [-0.25, -0.2) is 8.42 Å². The van der Waals surface area contributed by atoms with Crippen LogP contribution in [-0.4, -0.2) is 21.6 Å². The molecule has 0 unspecified atom stereocenters. The van der Waals surface area contributed by atoms with Gasteiger partial charge in [-0.3, -0.25) is 4.72 Å². The van der Waals surface area contributed by atoms with Gasteiger partial charge in [0.05, 0.1) is 28.8 Å². The van der Waals surface area contributed by atoms with Gasteiger partial charge in [-0.05, 0) is 44.2 Å². The van der Waals surface area contributed by atoms with Crippen LogP contribution in [0.4, 0.5) is 5.69 Å². The molecule has 2 rings (SSSR count). The lowest BCUT2D eigenvalue weighted by Gasteiger charge is -2.16. The quantitative estimate of drug-likeness (QED) is 0.852. The van der Waals surface area contributed by atoms with Gasteiger partial charge in [0, 0.05) is 0 Å². The molecule has 0 aliphatic rings. The predicted molar refractivity (Wildman–Crippen MR) is 91.0 cm³/mol. The summed E-state index contributed by atoms with van der Waals surface area (Å²) in [6.07, 6.45) is -0.0731. The van der Waals surface area contributed by atoms with Crippen LogP contribution in [0.2, 0.25) is 5.02 Å². The van der Waals surface area contributed by atoms with Gasteiger partial charge in [0.25, 0.3) is 10.0 Å². The van der Waals surface area contributed by atoms with Crippen molar-refractivity contribution in [2.24, 2.45) is 0 Å². The van der Waals surface area contributed by atoms with Crippen molar-refractivity contribution in [1.82, 2.24) is 0 Å². The number of benzene rings is 2. The Hall–Kier alpha value is -1.92. The molecule has 0 radical (unpaired) electrons. The highest BCUT2D eigenvalue weighted by molar-refractivity contribution is 7.92. The lowest BCUT2D eigenvalue weighted by Crippen LogP contribution is -2.15. The van der Waals surface area contributed by atoms with Crippen molar-refractivity contribution >= 4 is 27.3 Å². The molecule has 0 aliphatic heterocycles. The van der Waals surface area contributed by atoms with E-state index in [-0.39, 0.29) is 16.0 Å². The van der Waals surface area contributed by atoms with E-state index >= 15 is 0 Å². The maximum atomic E-state index is 12.5. The molecule has 0 saturated carbocycles. The lowest BCUT2D eigenvalue weighted by molar-refractivity contribution is 0.244. The van der Waals surface area contributed by atoms with Crippen molar-refractivity contribution in [3.8, 4) is 11.5 Å². The Bertz CT molecular complexity index is 790. The van der Waals surface area contributed by atoms with Crippen LogP contribution in [0.25, 0.3) is 0 Å². The summed E-state index contributed by atoms with van der Waals surface area (Å²) < 4.78 is 38.2. The third-order valence-electron chi connectivity index (χ3n) is 2.93. The van der Waals surface area contributed by atoms with E-state index in [4.69, 9.17) is 21.1 Å². The monoisotopic (exact) mass is 355 g/mol. The molecule has 0 spiro atoms. The Kier molecular flexibility index (Phi) is 5.38. The van der Waals surface area contributed by atoms with Crippen molar-refractivity contribution < 1.29 is 17.9 Å². The minimum atomic E-state index is -3.79. The van der Waals surface area contributed by atoms with E-state index < -0.39 is 10.0 Å². The molecule has 7 heteroatoms. The van der Waals surface area contributed by atoms with E-state index in [0.717, 1.165) is 0 Å². The van der Waals surface area contributed by atoms with Crippen molar-refractivity contribution in [3.05, 3.63) is 47.5 Å². The van der Waals surface area contributed by atoms with Gasteiger partial charge < -0.3 is 9.47 Å². The number of nitrogens with one attached hydrogen (secondary N) is 1. The summed E-state index contributed by atoms with van der Waals surface area (Å²) in [6.45, 7) is 3.74. The van der Waals surface area contributed by atoms with Crippen molar-refractivity contribution in [2.75, 3.05) is 11.8 Å². The number of anilines is 1. The number of para-hydroxylation sites is 2. The molecule has 0 aliphatic carbocycles. The van der Waals surface area contributed by atoms with Gasteiger partial charge in [-0.1, -0.05) is 23.7 Å². The van der Waals surface area contributed by atoms with Crippen LogP contribution in [0, 0.1) is 0 Å². The number of hydrogen-bond acceptors (Lipinski definition) is 4. The fraction of sp³-hybridized carbons (Fsp3) is 0.250. The first-order chi connectivity index (χ1) is 10.8. The molecule has 0 amide bonds. The molecule has 5 nitrogen and oxygen atoms in total. The molecule has 0 heterocycles. The first kappa shape index (κ1) is 17.4. The van der Waals surface area contributed by atoms with Crippen LogP contribution in [0.15, 0.2) is 47.4 Å².